The third-order valence-electron chi connectivity index (χ3n) is 4.89. The van der Waals surface area contributed by atoms with Crippen LogP contribution in [0.15, 0.2) is 75.6 Å². The van der Waals surface area contributed by atoms with Crippen molar-refractivity contribution < 1.29 is 27.1 Å². The van der Waals surface area contributed by atoms with Crippen LogP contribution in [0.2, 0.25) is 0 Å². The number of rotatable bonds is 8. The monoisotopic (exact) mass is 598 g/mol. The standard InChI is InChI=1S/C25H19BrN4O7S/c1-15-3-9-22(23(11-15)30(33)34)29-25(32)18(14-27)12-17-4-10-24(21(26)13-17)37-38(35,36)20-7-5-19(6-8-20)28-16(2)31/h3-13H,1-2H3,(H,28,31)(H,29,32)/b18-12+. The Morgan fingerprint density at radius 1 is 1.08 bits per heavy atom. The molecule has 2 N–H and O–H groups in total. The number of nitrogens with zero attached hydrogens (tertiary/aromatic N) is 2. The minimum Gasteiger partial charge on any atom is -0.378 e. The zero-order chi connectivity index (χ0) is 28.0. The van der Waals surface area contributed by atoms with Crippen molar-refractivity contribution in [3.8, 4) is 11.8 Å². The molecule has 0 atom stereocenters. The predicted octanol–water partition coefficient (Wildman–Crippen LogP) is 4.94. The number of anilines is 2. The SMILES string of the molecule is CC(=O)Nc1ccc(S(=O)(=O)Oc2ccc(/C=C(\C#N)C(=O)Nc3ccc(C)cc3[N+](=O)[O-])cc2Br)cc1. The van der Waals surface area contributed by atoms with E-state index in [9.17, 15) is 33.4 Å². The summed E-state index contributed by atoms with van der Waals surface area (Å²) in [4.78, 5) is 34.3. The Kier molecular flexibility index (Phi) is 8.61. The minimum atomic E-state index is -4.21. The highest BCUT2D eigenvalue weighted by molar-refractivity contribution is 9.10. The van der Waals surface area contributed by atoms with Crippen molar-refractivity contribution in [1.82, 2.24) is 0 Å². The Labute approximate surface area is 226 Å². The number of hydrogen-bond donors (Lipinski definition) is 2. The van der Waals surface area contributed by atoms with Crippen molar-refractivity contribution in [3.05, 3.63) is 92.0 Å². The van der Waals surface area contributed by atoms with E-state index in [0.29, 0.717) is 16.8 Å². The highest BCUT2D eigenvalue weighted by Gasteiger charge is 2.20. The molecule has 0 saturated carbocycles. The molecule has 0 spiro atoms. The first kappa shape index (κ1) is 28.0. The van der Waals surface area contributed by atoms with Gasteiger partial charge in [0.1, 0.15) is 22.2 Å². The number of hydrogen-bond acceptors (Lipinski definition) is 8. The summed E-state index contributed by atoms with van der Waals surface area (Å²) in [5.41, 5.74) is 0.682. The highest BCUT2D eigenvalue weighted by atomic mass is 79.9. The quantitative estimate of drug-likeness (QED) is 0.121. The maximum Gasteiger partial charge on any atom is 0.339 e. The molecule has 3 aromatic carbocycles. The Balaban J connectivity index is 1.80. The van der Waals surface area contributed by atoms with Gasteiger partial charge in [-0.2, -0.15) is 13.7 Å². The van der Waals surface area contributed by atoms with Crippen LogP contribution in [0, 0.1) is 28.4 Å². The molecule has 0 unspecified atom stereocenters. The van der Waals surface area contributed by atoms with Crippen molar-refractivity contribution in [1.29, 1.82) is 5.26 Å². The second-order valence-electron chi connectivity index (χ2n) is 7.83. The van der Waals surface area contributed by atoms with E-state index >= 15 is 0 Å². The molecule has 2 amide bonds. The first-order valence-electron chi connectivity index (χ1n) is 10.7. The minimum absolute atomic E-state index is 0.0497. The summed E-state index contributed by atoms with van der Waals surface area (Å²) in [5, 5.41) is 25.7. The van der Waals surface area contributed by atoms with E-state index in [1.54, 1.807) is 19.1 Å². The van der Waals surface area contributed by atoms with Gasteiger partial charge >= 0.3 is 10.1 Å². The van der Waals surface area contributed by atoms with Gasteiger partial charge in [-0.15, -0.1) is 0 Å². The molecule has 0 heterocycles. The maximum atomic E-state index is 12.7. The van der Waals surface area contributed by atoms with Gasteiger partial charge in [-0.1, -0.05) is 12.1 Å². The summed E-state index contributed by atoms with van der Waals surface area (Å²) >= 11 is 3.22. The summed E-state index contributed by atoms with van der Waals surface area (Å²) < 4.78 is 30.8. The molecular formula is C25H19BrN4O7S. The lowest BCUT2D eigenvalue weighted by Crippen LogP contribution is -2.14. The van der Waals surface area contributed by atoms with Crippen molar-refractivity contribution in [2.45, 2.75) is 18.7 Å². The molecule has 0 aliphatic heterocycles. The fourth-order valence-electron chi connectivity index (χ4n) is 3.15. The van der Waals surface area contributed by atoms with E-state index in [-0.39, 0.29) is 38.0 Å². The van der Waals surface area contributed by atoms with Gasteiger partial charge in [0.15, 0.2) is 5.75 Å². The van der Waals surface area contributed by atoms with Gasteiger partial charge in [-0.05, 0) is 82.5 Å². The van der Waals surface area contributed by atoms with E-state index in [2.05, 4.69) is 26.6 Å². The number of halogens is 1. The predicted molar refractivity (Wildman–Crippen MR) is 143 cm³/mol. The summed E-state index contributed by atoms with van der Waals surface area (Å²) in [7, 11) is -4.21. The summed E-state index contributed by atoms with van der Waals surface area (Å²) in [6, 6.07) is 15.6. The summed E-state index contributed by atoms with van der Waals surface area (Å²) in [5.74, 6) is -1.21. The smallest absolute Gasteiger partial charge is 0.339 e. The molecule has 0 aliphatic rings. The third-order valence-corrected chi connectivity index (χ3v) is 6.76. The van der Waals surface area contributed by atoms with E-state index in [1.807, 2.05) is 0 Å². The van der Waals surface area contributed by atoms with Gasteiger partial charge in [0, 0.05) is 18.7 Å². The molecule has 11 nitrogen and oxygen atoms in total. The molecular weight excluding hydrogens is 580 g/mol. The van der Waals surface area contributed by atoms with Crippen molar-refractivity contribution in [2.24, 2.45) is 0 Å². The van der Waals surface area contributed by atoms with Gasteiger partial charge in [0.25, 0.3) is 11.6 Å². The van der Waals surface area contributed by atoms with Gasteiger partial charge < -0.3 is 14.8 Å². The molecule has 0 radical (unpaired) electrons. The number of nitrogens with one attached hydrogen (secondary N) is 2. The number of aryl methyl sites for hydroxylation is 1. The van der Waals surface area contributed by atoms with Crippen molar-refractivity contribution in [3.63, 3.8) is 0 Å². The number of nitriles is 1. The maximum absolute atomic E-state index is 12.7. The molecule has 13 heteroatoms. The largest absolute Gasteiger partial charge is 0.378 e. The van der Waals surface area contributed by atoms with Gasteiger partial charge in [0.2, 0.25) is 5.91 Å². The van der Waals surface area contributed by atoms with Crippen LogP contribution in [-0.4, -0.2) is 25.2 Å². The molecule has 194 valence electrons. The zero-order valence-electron chi connectivity index (χ0n) is 19.9. The van der Waals surface area contributed by atoms with Crippen LogP contribution >= 0.6 is 15.9 Å². The van der Waals surface area contributed by atoms with E-state index < -0.39 is 20.9 Å². The average Bonchev–Trinajstić information content (AvgIpc) is 2.85. The van der Waals surface area contributed by atoms with E-state index in [1.165, 1.54) is 67.6 Å². The molecule has 0 aromatic heterocycles. The number of nitro benzene ring substituents is 1. The Morgan fingerprint density at radius 2 is 1.76 bits per heavy atom. The Bertz CT molecular complexity index is 1610. The van der Waals surface area contributed by atoms with Crippen molar-refractivity contribution in [2.75, 3.05) is 10.6 Å². The third kappa shape index (κ3) is 7.02. The number of carbonyl (C=O) groups excluding carboxylic acids is 2. The zero-order valence-corrected chi connectivity index (χ0v) is 22.3. The van der Waals surface area contributed by atoms with Crippen LogP contribution in [0.25, 0.3) is 6.08 Å². The first-order valence-corrected chi connectivity index (χ1v) is 12.9. The van der Waals surface area contributed by atoms with Crippen LogP contribution in [0.5, 0.6) is 5.75 Å². The van der Waals surface area contributed by atoms with Gasteiger partial charge in [-0.25, -0.2) is 0 Å². The lowest BCUT2D eigenvalue weighted by atomic mass is 10.1. The topological polar surface area (TPSA) is 168 Å². The van der Waals surface area contributed by atoms with Gasteiger partial charge in [0.05, 0.1) is 9.40 Å². The highest BCUT2D eigenvalue weighted by Crippen LogP contribution is 2.30. The second kappa shape index (κ2) is 11.7. The molecule has 0 saturated heterocycles. The van der Waals surface area contributed by atoms with Gasteiger partial charge in [-0.3, -0.25) is 19.7 Å². The number of benzene rings is 3. The molecule has 3 aromatic rings. The molecule has 0 fully saturated rings. The molecule has 38 heavy (non-hydrogen) atoms. The lowest BCUT2D eigenvalue weighted by molar-refractivity contribution is -0.384. The fourth-order valence-corrected chi connectivity index (χ4v) is 4.68. The number of carbonyl (C=O) groups is 2. The normalized spacial score (nSPS) is 11.3. The van der Waals surface area contributed by atoms with Crippen LogP contribution in [0.1, 0.15) is 18.1 Å². The van der Waals surface area contributed by atoms with E-state index in [0.717, 1.165) is 0 Å². The lowest BCUT2D eigenvalue weighted by Gasteiger charge is -2.10. The van der Waals surface area contributed by atoms with Crippen molar-refractivity contribution >= 4 is 61.0 Å². The van der Waals surface area contributed by atoms with Crippen LogP contribution < -0.4 is 14.8 Å². The number of amides is 2. The molecule has 3 rings (SSSR count). The Hall–Kier alpha value is -4.54. The average molecular weight is 599 g/mol. The van der Waals surface area contributed by atoms with E-state index in [4.69, 9.17) is 4.18 Å². The first-order chi connectivity index (χ1) is 17.9. The summed E-state index contributed by atoms with van der Waals surface area (Å²) in [6.45, 7) is 2.99. The number of nitro groups is 1. The van der Waals surface area contributed by atoms with Crippen LogP contribution in [-0.2, 0) is 19.7 Å². The van der Waals surface area contributed by atoms with Crippen LogP contribution in [0.4, 0.5) is 17.1 Å². The molecule has 0 aliphatic carbocycles. The van der Waals surface area contributed by atoms with Crippen LogP contribution in [0.3, 0.4) is 0 Å². The fraction of sp³-hybridized carbons (Fsp3) is 0.0800. The second-order valence-corrected chi connectivity index (χ2v) is 10.2. The Morgan fingerprint density at radius 3 is 2.34 bits per heavy atom. The summed E-state index contributed by atoms with van der Waals surface area (Å²) in [6.07, 6.45) is 1.24. The molecule has 0 bridgehead atoms.